The number of hydrogen-bond acceptors (Lipinski definition) is 3. The maximum atomic E-state index is 2.71. The molecule has 0 saturated carbocycles. The standard InChI is InChI=1S/C67H79BN2S/c1-40-33-55-58-56(34-40)70(53-27-21-42(61(2,3)4)36-46(53)41-19-24-48-50(35-41)66(15,16)31-29-64(48,11)12)54-38-44(63(8,9)10)20-26-52(54)68(58)60-59(47-37-43(62(5,6)7)22-28-57(47)71-60)69(55)45-23-25-49-51(39-45)67(17,18)32-30-65(49,13)14/h19-28,33-39H,29-32H2,1-18H3. The summed E-state index contributed by atoms with van der Waals surface area (Å²) in [6, 6.07) is 42.4. The van der Waals surface area contributed by atoms with E-state index in [-0.39, 0.29) is 44.6 Å². The molecule has 71 heavy (non-hydrogen) atoms. The lowest BCUT2D eigenvalue weighted by Gasteiger charge is -2.45. The van der Waals surface area contributed by atoms with Crippen LogP contribution < -0.4 is 25.5 Å². The number of thiophene rings is 1. The first-order valence-corrected chi connectivity index (χ1v) is 27.7. The zero-order valence-corrected chi connectivity index (χ0v) is 47.3. The van der Waals surface area contributed by atoms with Crippen molar-refractivity contribution in [3.8, 4) is 11.1 Å². The summed E-state index contributed by atoms with van der Waals surface area (Å²) < 4.78 is 2.79. The van der Waals surface area contributed by atoms with Gasteiger partial charge in [0, 0.05) is 43.2 Å². The number of rotatable bonds is 3. The van der Waals surface area contributed by atoms with Crippen LogP contribution in [0.3, 0.4) is 0 Å². The summed E-state index contributed by atoms with van der Waals surface area (Å²) in [7, 11) is 0. The molecule has 11 rings (SSSR count). The highest BCUT2D eigenvalue weighted by atomic mass is 32.1. The second kappa shape index (κ2) is 15.5. The molecule has 2 aliphatic heterocycles. The summed E-state index contributed by atoms with van der Waals surface area (Å²) in [6.45, 7) is 43.3. The molecule has 6 aromatic carbocycles. The zero-order chi connectivity index (χ0) is 50.9. The van der Waals surface area contributed by atoms with E-state index >= 15 is 0 Å². The summed E-state index contributed by atoms with van der Waals surface area (Å²) in [5.41, 5.74) is 24.8. The van der Waals surface area contributed by atoms with Crippen LogP contribution in [0.2, 0.25) is 0 Å². The van der Waals surface area contributed by atoms with Crippen LogP contribution in [-0.4, -0.2) is 6.71 Å². The van der Waals surface area contributed by atoms with Crippen molar-refractivity contribution in [3.05, 3.63) is 148 Å². The molecule has 366 valence electrons. The van der Waals surface area contributed by atoms with E-state index in [2.05, 4.69) is 238 Å². The fourth-order valence-electron chi connectivity index (χ4n) is 13.0. The van der Waals surface area contributed by atoms with Gasteiger partial charge in [-0.15, -0.1) is 11.3 Å². The number of benzene rings is 6. The number of hydrogen-bond donors (Lipinski definition) is 0. The van der Waals surface area contributed by atoms with E-state index in [4.69, 9.17) is 0 Å². The van der Waals surface area contributed by atoms with Crippen molar-refractivity contribution in [2.75, 3.05) is 9.80 Å². The Morgan fingerprint density at radius 1 is 0.465 bits per heavy atom. The van der Waals surface area contributed by atoms with Crippen LogP contribution in [0.15, 0.2) is 103 Å². The molecule has 0 saturated heterocycles. The van der Waals surface area contributed by atoms with Gasteiger partial charge >= 0.3 is 0 Å². The summed E-state index contributed by atoms with van der Waals surface area (Å²) in [5, 5.41) is 1.36. The Morgan fingerprint density at radius 2 is 0.972 bits per heavy atom. The summed E-state index contributed by atoms with van der Waals surface area (Å²) in [5.74, 6) is 0. The molecule has 0 amide bonds. The van der Waals surface area contributed by atoms with E-state index in [0.29, 0.717) is 0 Å². The molecule has 1 aromatic heterocycles. The Bertz CT molecular complexity index is 3350. The van der Waals surface area contributed by atoms with Crippen LogP contribution in [0.1, 0.15) is 188 Å². The Kier molecular flexibility index (Phi) is 10.5. The highest BCUT2D eigenvalue weighted by Gasteiger charge is 2.47. The van der Waals surface area contributed by atoms with Gasteiger partial charge in [-0.1, -0.05) is 166 Å². The molecule has 0 radical (unpaired) electrons. The summed E-state index contributed by atoms with van der Waals surface area (Å²) >= 11 is 2.02. The van der Waals surface area contributed by atoms with Crippen LogP contribution in [0.5, 0.6) is 0 Å². The number of nitrogens with zero attached hydrogens (tertiary/aromatic N) is 2. The zero-order valence-electron chi connectivity index (χ0n) is 46.5. The average Bonchev–Trinajstić information content (AvgIpc) is 3.66. The first kappa shape index (κ1) is 48.2. The molecular formula is C67H79BN2S. The highest BCUT2D eigenvalue weighted by molar-refractivity contribution is 7.33. The minimum absolute atomic E-state index is 0.0111. The van der Waals surface area contributed by atoms with Gasteiger partial charge in [0.15, 0.2) is 0 Å². The first-order chi connectivity index (χ1) is 33.0. The van der Waals surface area contributed by atoms with E-state index in [9.17, 15) is 0 Å². The lowest BCUT2D eigenvalue weighted by atomic mass is 9.36. The number of anilines is 6. The first-order valence-electron chi connectivity index (χ1n) is 26.9. The topological polar surface area (TPSA) is 6.48 Å². The van der Waals surface area contributed by atoms with Crippen LogP contribution in [0.4, 0.5) is 34.1 Å². The number of aryl methyl sites for hydroxylation is 1. The van der Waals surface area contributed by atoms with E-state index in [1.54, 1.807) is 0 Å². The molecule has 0 bridgehead atoms. The van der Waals surface area contributed by atoms with Gasteiger partial charge in [-0.25, -0.2) is 0 Å². The normalized spacial score (nSPS) is 18.4. The predicted octanol–water partition coefficient (Wildman–Crippen LogP) is 17.5. The monoisotopic (exact) mass is 955 g/mol. The Balaban J connectivity index is 1.25. The molecule has 7 aromatic rings. The van der Waals surface area contributed by atoms with E-state index in [0.717, 1.165) is 0 Å². The third-order valence-electron chi connectivity index (χ3n) is 17.9. The van der Waals surface area contributed by atoms with Crippen molar-refractivity contribution in [1.29, 1.82) is 0 Å². The van der Waals surface area contributed by atoms with Crippen molar-refractivity contribution in [2.24, 2.45) is 0 Å². The molecule has 0 fully saturated rings. The van der Waals surface area contributed by atoms with E-state index in [1.807, 2.05) is 11.3 Å². The lowest BCUT2D eigenvalue weighted by molar-refractivity contribution is 0.332. The molecule has 2 nitrogen and oxygen atoms in total. The molecular weight excluding hydrogens is 876 g/mol. The average molecular weight is 955 g/mol. The minimum atomic E-state index is -0.0428. The molecule has 2 aliphatic carbocycles. The Labute approximate surface area is 432 Å². The van der Waals surface area contributed by atoms with Crippen molar-refractivity contribution >= 4 is 78.0 Å². The van der Waals surface area contributed by atoms with Crippen LogP contribution >= 0.6 is 11.3 Å². The van der Waals surface area contributed by atoms with Gasteiger partial charge in [0.2, 0.25) is 0 Å². The minimum Gasteiger partial charge on any atom is -0.311 e. The van der Waals surface area contributed by atoms with Crippen molar-refractivity contribution in [3.63, 3.8) is 0 Å². The smallest absolute Gasteiger partial charge is 0.264 e. The van der Waals surface area contributed by atoms with Gasteiger partial charge in [-0.05, 0) is 186 Å². The van der Waals surface area contributed by atoms with Gasteiger partial charge in [-0.2, -0.15) is 0 Å². The Morgan fingerprint density at radius 3 is 1.58 bits per heavy atom. The third kappa shape index (κ3) is 7.60. The largest absolute Gasteiger partial charge is 0.311 e. The fraction of sp³-hybridized carbons (Fsp3) is 0.433. The van der Waals surface area contributed by atoms with E-state index in [1.165, 1.54) is 141 Å². The van der Waals surface area contributed by atoms with Gasteiger partial charge in [0.05, 0.1) is 11.4 Å². The molecule has 0 unspecified atom stereocenters. The van der Waals surface area contributed by atoms with E-state index < -0.39 is 0 Å². The highest BCUT2D eigenvalue weighted by Crippen LogP contribution is 2.54. The predicted molar refractivity (Wildman–Crippen MR) is 313 cm³/mol. The van der Waals surface area contributed by atoms with Crippen molar-refractivity contribution < 1.29 is 0 Å². The third-order valence-corrected chi connectivity index (χ3v) is 19.1. The molecule has 4 aliphatic rings. The Hall–Kier alpha value is -5.06. The lowest BCUT2D eigenvalue weighted by Crippen LogP contribution is -2.60. The second-order valence-electron chi connectivity index (χ2n) is 28.1. The van der Waals surface area contributed by atoms with Gasteiger partial charge < -0.3 is 9.80 Å². The summed E-state index contributed by atoms with van der Waals surface area (Å²) in [4.78, 5) is 5.42. The number of fused-ring (bicyclic) bond motifs is 8. The quantitative estimate of drug-likeness (QED) is 0.163. The SMILES string of the molecule is Cc1cc2c3c(c1)N(c1ccc4c(c1)C(C)(C)CCC4(C)C)c1c(sc4ccc(C(C)(C)C)cc14)B3c1ccc(C(C)(C)C)cc1N2c1ccc(C(C)(C)C)cc1-c1ccc2c(c1)C(C)(C)CCC2(C)C. The molecule has 4 heteroatoms. The molecule has 0 N–H and O–H groups in total. The van der Waals surface area contributed by atoms with Crippen molar-refractivity contribution in [2.45, 2.75) is 188 Å². The maximum Gasteiger partial charge on any atom is 0.264 e. The maximum absolute atomic E-state index is 2.71. The molecule has 0 spiro atoms. The summed E-state index contributed by atoms with van der Waals surface area (Å²) in [6.07, 6.45) is 4.77. The molecule has 0 atom stereocenters. The van der Waals surface area contributed by atoms with Gasteiger partial charge in [0.25, 0.3) is 6.71 Å². The molecule has 3 heterocycles. The van der Waals surface area contributed by atoms with Crippen LogP contribution in [0.25, 0.3) is 21.2 Å². The van der Waals surface area contributed by atoms with Gasteiger partial charge in [0.1, 0.15) is 0 Å². The van der Waals surface area contributed by atoms with Crippen LogP contribution in [-0.2, 0) is 37.9 Å². The second-order valence-corrected chi connectivity index (χ2v) is 29.2. The van der Waals surface area contributed by atoms with Crippen molar-refractivity contribution in [1.82, 2.24) is 0 Å². The fourth-order valence-corrected chi connectivity index (χ4v) is 14.3. The van der Waals surface area contributed by atoms with Gasteiger partial charge in [-0.3, -0.25) is 0 Å². The van der Waals surface area contributed by atoms with Crippen LogP contribution in [0, 0.1) is 6.92 Å².